The third-order valence-corrected chi connectivity index (χ3v) is 11.5. The maximum Gasteiger partial charge on any atom is 0.164 e. The Labute approximate surface area is 344 Å². The van der Waals surface area contributed by atoms with Crippen molar-refractivity contribution in [3.63, 3.8) is 0 Å². The monoisotopic (exact) mass is 767 g/mol. The molecule has 0 radical (unpaired) electrons. The summed E-state index contributed by atoms with van der Waals surface area (Å²) in [6.07, 6.45) is 0. The van der Waals surface area contributed by atoms with Crippen LogP contribution >= 0.6 is 0 Å². The Balaban J connectivity index is 1.12. The molecule has 3 heterocycles. The number of rotatable bonds is 6. The molecule has 0 saturated carbocycles. The lowest BCUT2D eigenvalue weighted by Gasteiger charge is -2.15. The molecule has 0 N–H and O–H groups in total. The predicted molar refractivity (Wildman–Crippen MR) is 245 cm³/mol. The topological polar surface area (TPSA) is 65.0 Å². The minimum absolute atomic E-state index is 0.593. The SMILES string of the molecule is c1ccc(-c2cccc(-c3nc(-c4ccccc4)nc(-c4cc(-c5cc(-c6cccc7oc8ccccc8c67)cc6oc7ccccc7c56)c5ccccc5c4)n3)c2)cc1. The lowest BCUT2D eigenvalue weighted by Crippen LogP contribution is -2.00. The van der Waals surface area contributed by atoms with Crippen LogP contribution in [0, 0.1) is 0 Å². The Hall–Kier alpha value is -8.15. The van der Waals surface area contributed by atoms with E-state index in [-0.39, 0.29) is 0 Å². The van der Waals surface area contributed by atoms with E-state index < -0.39 is 0 Å². The summed E-state index contributed by atoms with van der Waals surface area (Å²) in [6.45, 7) is 0. The van der Waals surface area contributed by atoms with Gasteiger partial charge in [-0.3, -0.25) is 0 Å². The van der Waals surface area contributed by atoms with Gasteiger partial charge in [-0.15, -0.1) is 0 Å². The smallest absolute Gasteiger partial charge is 0.164 e. The van der Waals surface area contributed by atoms with Gasteiger partial charge in [0.1, 0.15) is 22.3 Å². The summed E-state index contributed by atoms with van der Waals surface area (Å²) >= 11 is 0. The second-order valence-electron chi connectivity index (χ2n) is 15.1. The van der Waals surface area contributed by atoms with Crippen molar-refractivity contribution in [2.24, 2.45) is 0 Å². The van der Waals surface area contributed by atoms with Crippen LogP contribution in [0.3, 0.4) is 0 Å². The Morgan fingerprint density at radius 2 is 0.783 bits per heavy atom. The van der Waals surface area contributed by atoms with E-state index in [0.717, 1.165) is 105 Å². The molecular weight excluding hydrogens is 735 g/mol. The van der Waals surface area contributed by atoms with E-state index in [0.29, 0.717) is 17.5 Å². The number of benzene rings is 9. The number of hydrogen-bond donors (Lipinski definition) is 0. The molecule has 0 bridgehead atoms. The molecule has 0 aliphatic heterocycles. The molecule has 5 nitrogen and oxygen atoms in total. The summed E-state index contributed by atoms with van der Waals surface area (Å²) in [5.74, 6) is 1.81. The number of furan rings is 2. The van der Waals surface area contributed by atoms with Gasteiger partial charge in [0.05, 0.1) is 0 Å². The third-order valence-electron chi connectivity index (χ3n) is 11.5. The predicted octanol–water partition coefficient (Wildman–Crippen LogP) is 14.8. The van der Waals surface area contributed by atoms with Crippen LogP contribution in [0.2, 0.25) is 0 Å². The highest BCUT2D eigenvalue weighted by Crippen LogP contribution is 2.45. The normalized spacial score (nSPS) is 11.7. The van der Waals surface area contributed by atoms with Crippen LogP contribution in [0.4, 0.5) is 0 Å². The van der Waals surface area contributed by atoms with E-state index in [1.165, 1.54) is 0 Å². The van der Waals surface area contributed by atoms with Crippen molar-refractivity contribution in [2.75, 3.05) is 0 Å². The number of fused-ring (bicyclic) bond motifs is 7. The van der Waals surface area contributed by atoms with E-state index in [1.54, 1.807) is 0 Å². The van der Waals surface area contributed by atoms with Crippen LogP contribution in [0.1, 0.15) is 0 Å². The molecule has 0 spiro atoms. The minimum atomic E-state index is 0.593. The molecule has 12 aromatic rings. The molecule has 0 aliphatic rings. The second-order valence-corrected chi connectivity index (χ2v) is 15.1. The average molecular weight is 768 g/mol. The molecule has 3 aromatic heterocycles. The van der Waals surface area contributed by atoms with Crippen molar-refractivity contribution < 1.29 is 8.83 Å². The molecule has 0 fully saturated rings. The molecule has 60 heavy (non-hydrogen) atoms. The van der Waals surface area contributed by atoms with Gasteiger partial charge in [-0.25, -0.2) is 15.0 Å². The molecule has 280 valence electrons. The first-order valence-electron chi connectivity index (χ1n) is 20.1. The first kappa shape index (κ1) is 33.9. The van der Waals surface area contributed by atoms with Crippen LogP contribution < -0.4 is 0 Å². The molecule has 0 saturated heterocycles. The molecule has 0 unspecified atom stereocenters. The van der Waals surface area contributed by atoms with Crippen LogP contribution in [0.25, 0.3) is 122 Å². The summed E-state index contributed by atoms with van der Waals surface area (Å²) in [5, 5.41) is 6.47. The molecule has 12 rings (SSSR count). The first-order chi connectivity index (χ1) is 29.7. The van der Waals surface area contributed by atoms with Crippen molar-refractivity contribution in [1.29, 1.82) is 0 Å². The van der Waals surface area contributed by atoms with Crippen LogP contribution in [0.15, 0.2) is 209 Å². The van der Waals surface area contributed by atoms with Gasteiger partial charge in [0.2, 0.25) is 0 Å². The number of nitrogens with zero attached hydrogens (tertiary/aromatic N) is 3. The van der Waals surface area contributed by atoms with Crippen LogP contribution in [-0.4, -0.2) is 15.0 Å². The fourth-order valence-corrected chi connectivity index (χ4v) is 8.72. The zero-order valence-electron chi connectivity index (χ0n) is 32.2. The van der Waals surface area contributed by atoms with Gasteiger partial charge >= 0.3 is 0 Å². The molecule has 0 amide bonds. The summed E-state index contributed by atoms with van der Waals surface area (Å²) in [5.41, 5.74) is 12.5. The van der Waals surface area contributed by atoms with Crippen molar-refractivity contribution in [2.45, 2.75) is 0 Å². The van der Waals surface area contributed by atoms with Crippen LogP contribution in [-0.2, 0) is 0 Å². The van der Waals surface area contributed by atoms with Crippen molar-refractivity contribution in [1.82, 2.24) is 15.0 Å². The fraction of sp³-hybridized carbons (Fsp3) is 0. The Morgan fingerprint density at radius 1 is 0.267 bits per heavy atom. The second kappa shape index (κ2) is 13.8. The molecular formula is C55H33N3O2. The van der Waals surface area contributed by atoms with Crippen molar-refractivity contribution in [3.8, 4) is 67.5 Å². The van der Waals surface area contributed by atoms with Gasteiger partial charge in [0.25, 0.3) is 0 Å². The van der Waals surface area contributed by atoms with Gasteiger partial charge in [-0.2, -0.15) is 0 Å². The highest BCUT2D eigenvalue weighted by atomic mass is 16.3. The number of aromatic nitrogens is 3. The van der Waals surface area contributed by atoms with E-state index in [1.807, 2.05) is 66.7 Å². The zero-order valence-corrected chi connectivity index (χ0v) is 32.2. The molecule has 0 atom stereocenters. The lowest BCUT2D eigenvalue weighted by molar-refractivity contribution is 0.668. The molecule has 5 heteroatoms. The number of hydrogen-bond acceptors (Lipinski definition) is 5. The van der Waals surface area contributed by atoms with E-state index in [9.17, 15) is 0 Å². The Bertz CT molecular complexity index is 3610. The van der Waals surface area contributed by atoms with Gasteiger partial charge in [0, 0.05) is 38.2 Å². The van der Waals surface area contributed by atoms with Crippen molar-refractivity contribution in [3.05, 3.63) is 200 Å². The maximum atomic E-state index is 6.70. The summed E-state index contributed by atoms with van der Waals surface area (Å²) in [6, 6.07) is 69.3. The highest BCUT2D eigenvalue weighted by Gasteiger charge is 2.21. The van der Waals surface area contributed by atoms with Crippen LogP contribution in [0.5, 0.6) is 0 Å². The summed E-state index contributed by atoms with van der Waals surface area (Å²) in [7, 11) is 0. The number of para-hydroxylation sites is 2. The molecule has 9 aromatic carbocycles. The Kier molecular flexibility index (Phi) is 7.78. The quantitative estimate of drug-likeness (QED) is 0.169. The maximum absolute atomic E-state index is 6.70. The molecule has 0 aliphatic carbocycles. The van der Waals surface area contributed by atoms with Gasteiger partial charge in [-0.05, 0) is 92.7 Å². The third kappa shape index (κ3) is 5.67. The first-order valence-corrected chi connectivity index (χ1v) is 20.1. The average Bonchev–Trinajstić information content (AvgIpc) is 3.90. The van der Waals surface area contributed by atoms with E-state index in [4.69, 9.17) is 23.8 Å². The van der Waals surface area contributed by atoms with E-state index >= 15 is 0 Å². The fourth-order valence-electron chi connectivity index (χ4n) is 8.72. The minimum Gasteiger partial charge on any atom is -0.456 e. The highest BCUT2D eigenvalue weighted by molar-refractivity contribution is 6.19. The van der Waals surface area contributed by atoms with Crippen molar-refractivity contribution >= 4 is 54.6 Å². The standard InChI is InChI=1S/C55H33N3O2/c1-3-15-34(16-4-1)36-20-13-21-38(29-36)54-56-53(35-17-5-2-6-18-35)57-55(58-54)40-30-37-19-7-8-22-41(37)45(32-40)46-31-39(33-50-52(46)44-24-10-12-27-48(44)60-50)42-25-14-28-49-51(42)43-23-9-11-26-47(43)59-49/h1-33H. The lowest BCUT2D eigenvalue weighted by atomic mass is 9.89. The summed E-state index contributed by atoms with van der Waals surface area (Å²) < 4.78 is 13.1. The van der Waals surface area contributed by atoms with Gasteiger partial charge in [0.15, 0.2) is 17.5 Å². The Morgan fingerprint density at radius 3 is 1.53 bits per heavy atom. The van der Waals surface area contributed by atoms with E-state index in [2.05, 4.69) is 133 Å². The van der Waals surface area contributed by atoms with Gasteiger partial charge < -0.3 is 8.83 Å². The summed E-state index contributed by atoms with van der Waals surface area (Å²) in [4.78, 5) is 15.5. The largest absolute Gasteiger partial charge is 0.456 e. The van der Waals surface area contributed by atoms with Gasteiger partial charge in [-0.1, -0.05) is 152 Å². The zero-order chi connectivity index (χ0) is 39.6.